The van der Waals surface area contributed by atoms with Gasteiger partial charge in [0.15, 0.2) is 9.84 Å². The van der Waals surface area contributed by atoms with E-state index in [9.17, 15) is 17.5 Å². The van der Waals surface area contributed by atoms with E-state index in [4.69, 9.17) is 19.7 Å². The van der Waals surface area contributed by atoms with Gasteiger partial charge < -0.3 is 19.7 Å². The third-order valence-electron chi connectivity index (χ3n) is 4.72. The number of rotatable bonds is 10. The van der Waals surface area contributed by atoms with Crippen LogP contribution in [-0.4, -0.2) is 59.9 Å². The van der Waals surface area contributed by atoms with Gasteiger partial charge in [0.05, 0.1) is 23.9 Å². The van der Waals surface area contributed by atoms with Crippen LogP contribution in [0.4, 0.5) is 0 Å². The predicted molar refractivity (Wildman–Crippen MR) is 113 cm³/mol. The van der Waals surface area contributed by atoms with E-state index < -0.39 is 31.4 Å². The SMILES string of the molecule is O=S(=O)(c1ccccc1)C1CS(O)(O)c2c(OCCCO)ccc(OCCCO)c21. The van der Waals surface area contributed by atoms with Gasteiger partial charge in [0, 0.05) is 31.6 Å². The molecule has 0 saturated heterocycles. The van der Waals surface area contributed by atoms with Gasteiger partial charge in [-0.1, -0.05) is 18.2 Å². The minimum absolute atomic E-state index is 0.0337. The third kappa shape index (κ3) is 4.58. The van der Waals surface area contributed by atoms with Gasteiger partial charge in [-0.15, -0.1) is 0 Å². The maximum Gasteiger partial charge on any atom is 0.187 e. The molecule has 0 aliphatic carbocycles. The van der Waals surface area contributed by atoms with Crippen molar-refractivity contribution < 1.29 is 37.2 Å². The van der Waals surface area contributed by atoms with E-state index in [2.05, 4.69) is 0 Å². The van der Waals surface area contributed by atoms with E-state index in [0.29, 0.717) is 12.8 Å². The van der Waals surface area contributed by atoms with Gasteiger partial charge in [-0.25, -0.2) is 8.42 Å². The molecular weight excluding hydrogens is 432 g/mol. The molecule has 1 aliphatic rings. The second-order valence-corrected chi connectivity index (χ2v) is 11.0. The lowest BCUT2D eigenvalue weighted by Crippen LogP contribution is -2.16. The zero-order valence-electron chi connectivity index (χ0n) is 16.3. The monoisotopic (exact) mass is 458 g/mol. The van der Waals surface area contributed by atoms with E-state index in [1.165, 1.54) is 18.2 Å². The molecule has 1 aliphatic heterocycles. The molecule has 30 heavy (non-hydrogen) atoms. The molecule has 0 radical (unpaired) electrons. The molecular formula is C20H26O8S2. The number of aliphatic hydroxyl groups excluding tert-OH is 2. The highest BCUT2D eigenvalue weighted by molar-refractivity contribution is 8.25. The van der Waals surface area contributed by atoms with Crippen molar-refractivity contribution in [3.05, 3.63) is 48.0 Å². The minimum Gasteiger partial charge on any atom is -0.493 e. The van der Waals surface area contributed by atoms with Crippen molar-refractivity contribution in [3.63, 3.8) is 0 Å². The lowest BCUT2D eigenvalue weighted by atomic mass is 10.1. The zero-order chi connectivity index (χ0) is 21.8. The van der Waals surface area contributed by atoms with Crippen LogP contribution in [0.25, 0.3) is 0 Å². The van der Waals surface area contributed by atoms with E-state index in [1.807, 2.05) is 0 Å². The molecule has 4 N–H and O–H groups in total. The van der Waals surface area contributed by atoms with Crippen molar-refractivity contribution in [2.24, 2.45) is 0 Å². The fourth-order valence-electron chi connectivity index (χ4n) is 3.33. The summed E-state index contributed by atoms with van der Waals surface area (Å²) < 4.78 is 59.7. The molecule has 166 valence electrons. The second-order valence-electron chi connectivity index (χ2n) is 6.84. The van der Waals surface area contributed by atoms with Crippen molar-refractivity contribution >= 4 is 20.4 Å². The molecule has 8 nitrogen and oxygen atoms in total. The van der Waals surface area contributed by atoms with E-state index >= 15 is 0 Å². The minimum atomic E-state index is -3.94. The average molecular weight is 459 g/mol. The van der Waals surface area contributed by atoms with Crippen LogP contribution >= 0.6 is 10.6 Å². The maximum atomic E-state index is 13.4. The number of ether oxygens (including phenoxy) is 2. The third-order valence-corrected chi connectivity index (χ3v) is 8.88. The summed E-state index contributed by atoms with van der Waals surface area (Å²) in [6, 6.07) is 10.9. The van der Waals surface area contributed by atoms with Crippen LogP contribution in [0.15, 0.2) is 52.3 Å². The molecule has 0 aromatic heterocycles. The first kappa shape index (κ1) is 22.9. The summed E-state index contributed by atoms with van der Waals surface area (Å²) in [6.45, 7) is 0.0987. The number of hydrogen-bond acceptors (Lipinski definition) is 8. The molecule has 1 atom stereocenters. The highest BCUT2D eigenvalue weighted by Crippen LogP contribution is 2.66. The molecule has 0 amide bonds. The van der Waals surface area contributed by atoms with Crippen molar-refractivity contribution in [2.75, 3.05) is 32.2 Å². The molecule has 0 fully saturated rings. The largest absolute Gasteiger partial charge is 0.493 e. The van der Waals surface area contributed by atoms with Crippen LogP contribution < -0.4 is 9.47 Å². The maximum absolute atomic E-state index is 13.4. The normalized spacial score (nSPS) is 18.6. The molecule has 3 rings (SSSR count). The first-order chi connectivity index (χ1) is 14.3. The molecule has 2 aromatic carbocycles. The summed E-state index contributed by atoms with van der Waals surface area (Å²) >= 11 is 0. The standard InChI is InChI=1S/C20H26O8S2/c21-10-4-12-27-16-8-9-17(28-13-5-11-22)20-19(16)18(14-29(20,23)24)30(25,26)15-6-2-1-3-7-15/h1-3,6-9,18,21-24H,4-5,10-14H2. The van der Waals surface area contributed by atoms with Crippen LogP contribution in [0.2, 0.25) is 0 Å². The Hall–Kier alpha value is -1.82. The Balaban J connectivity index is 2.11. The van der Waals surface area contributed by atoms with Gasteiger partial charge in [0.1, 0.15) is 21.6 Å². The van der Waals surface area contributed by atoms with Crippen molar-refractivity contribution in [3.8, 4) is 11.5 Å². The Kier molecular flexibility index (Phi) is 7.27. The Labute approximate surface area is 177 Å². The molecule has 2 aromatic rings. The average Bonchev–Trinajstić information content (AvgIpc) is 3.03. The van der Waals surface area contributed by atoms with Crippen molar-refractivity contribution in [2.45, 2.75) is 27.9 Å². The lowest BCUT2D eigenvalue weighted by Gasteiger charge is -2.29. The Morgan fingerprint density at radius 2 is 1.47 bits per heavy atom. The summed E-state index contributed by atoms with van der Waals surface area (Å²) in [4.78, 5) is 0.109. The highest BCUT2D eigenvalue weighted by Gasteiger charge is 2.47. The van der Waals surface area contributed by atoms with Crippen LogP contribution in [0.1, 0.15) is 23.7 Å². The number of sulfone groups is 1. The molecule has 1 heterocycles. The number of aliphatic hydroxyl groups is 2. The van der Waals surface area contributed by atoms with E-state index in [-0.39, 0.29) is 53.3 Å². The fourth-order valence-corrected chi connectivity index (χ4v) is 7.90. The lowest BCUT2D eigenvalue weighted by molar-refractivity contribution is 0.226. The van der Waals surface area contributed by atoms with Gasteiger partial charge in [0.25, 0.3) is 0 Å². The topological polar surface area (TPSA) is 134 Å². The summed E-state index contributed by atoms with van der Waals surface area (Å²) in [5.41, 5.74) is 0.179. The summed E-state index contributed by atoms with van der Waals surface area (Å²) in [7, 11) is -7.41. The van der Waals surface area contributed by atoms with Crippen LogP contribution in [0, 0.1) is 0 Å². The predicted octanol–water partition coefficient (Wildman–Crippen LogP) is 2.85. The quantitative estimate of drug-likeness (QED) is 0.400. The fraction of sp³-hybridized carbons (Fsp3) is 0.400. The first-order valence-electron chi connectivity index (χ1n) is 9.52. The Morgan fingerprint density at radius 1 is 0.900 bits per heavy atom. The van der Waals surface area contributed by atoms with Crippen molar-refractivity contribution in [1.82, 2.24) is 0 Å². The molecule has 0 saturated carbocycles. The molecule has 10 heteroatoms. The van der Waals surface area contributed by atoms with Crippen LogP contribution in [-0.2, 0) is 9.84 Å². The number of benzene rings is 2. The Bertz CT molecular complexity index is 960. The highest BCUT2D eigenvalue weighted by atomic mass is 32.3. The first-order valence-corrected chi connectivity index (χ1v) is 12.8. The van der Waals surface area contributed by atoms with Gasteiger partial charge in [-0.05, 0) is 24.3 Å². The zero-order valence-corrected chi connectivity index (χ0v) is 17.9. The van der Waals surface area contributed by atoms with E-state index in [0.717, 1.165) is 0 Å². The number of fused-ring (bicyclic) bond motifs is 1. The summed E-state index contributed by atoms with van der Waals surface area (Å²) in [5.74, 6) is -0.00955. The summed E-state index contributed by atoms with van der Waals surface area (Å²) in [6.07, 6.45) is 0.685. The van der Waals surface area contributed by atoms with Gasteiger partial charge in [-0.2, -0.15) is 10.6 Å². The van der Waals surface area contributed by atoms with E-state index in [1.54, 1.807) is 24.3 Å². The number of hydrogen-bond donors (Lipinski definition) is 4. The molecule has 0 bridgehead atoms. The van der Waals surface area contributed by atoms with Crippen LogP contribution in [0.3, 0.4) is 0 Å². The van der Waals surface area contributed by atoms with Gasteiger partial charge in [-0.3, -0.25) is 9.11 Å². The van der Waals surface area contributed by atoms with Crippen molar-refractivity contribution in [1.29, 1.82) is 0 Å². The van der Waals surface area contributed by atoms with Gasteiger partial charge >= 0.3 is 0 Å². The van der Waals surface area contributed by atoms with Gasteiger partial charge in [0.2, 0.25) is 0 Å². The Morgan fingerprint density at radius 3 is 2.07 bits per heavy atom. The molecule has 1 unspecified atom stereocenters. The second kappa shape index (κ2) is 9.54. The smallest absolute Gasteiger partial charge is 0.187 e. The summed E-state index contributed by atoms with van der Waals surface area (Å²) in [5, 5.41) is 16.8. The van der Waals surface area contributed by atoms with Crippen LogP contribution in [0.5, 0.6) is 11.5 Å². The molecule has 0 spiro atoms.